The van der Waals surface area contributed by atoms with E-state index in [4.69, 9.17) is 21.3 Å². The Kier molecular flexibility index (Phi) is 7.39. The summed E-state index contributed by atoms with van der Waals surface area (Å²) in [6.07, 6.45) is 0. The number of aromatic nitrogens is 2. The number of piperazine rings is 1. The van der Waals surface area contributed by atoms with E-state index in [2.05, 4.69) is 4.90 Å². The molecule has 190 valence electrons. The molecule has 2 heterocycles. The maximum absolute atomic E-state index is 13.5. The first-order valence-corrected chi connectivity index (χ1v) is 13.4. The number of carbonyl (C=O) groups excluding carboxylic acids is 1. The van der Waals surface area contributed by atoms with Crippen molar-refractivity contribution in [2.75, 3.05) is 43.9 Å². The number of halogens is 1. The van der Waals surface area contributed by atoms with Gasteiger partial charge in [-0.15, -0.1) is 0 Å². The highest BCUT2D eigenvalue weighted by molar-refractivity contribution is 7.99. The first-order chi connectivity index (χ1) is 18.0. The van der Waals surface area contributed by atoms with Gasteiger partial charge in [-0.25, -0.2) is 4.98 Å². The Morgan fingerprint density at radius 2 is 1.73 bits per heavy atom. The monoisotopic (exact) mass is 534 g/mol. The first kappa shape index (κ1) is 25.2. The number of ether oxygens (including phenoxy) is 1. The van der Waals surface area contributed by atoms with E-state index in [0.29, 0.717) is 39.9 Å². The number of amides is 1. The Balaban J connectivity index is 1.34. The predicted molar refractivity (Wildman–Crippen MR) is 150 cm³/mol. The van der Waals surface area contributed by atoms with E-state index < -0.39 is 0 Å². The lowest BCUT2D eigenvalue weighted by Gasteiger charge is -2.36. The van der Waals surface area contributed by atoms with Gasteiger partial charge in [-0.05, 0) is 61.0 Å². The second-order valence-electron chi connectivity index (χ2n) is 8.79. The molecule has 0 atom stereocenters. The van der Waals surface area contributed by atoms with Crippen LogP contribution in [0.1, 0.15) is 5.56 Å². The van der Waals surface area contributed by atoms with Crippen molar-refractivity contribution in [2.45, 2.75) is 12.1 Å². The van der Waals surface area contributed by atoms with Crippen molar-refractivity contribution in [2.24, 2.45) is 0 Å². The molecule has 1 saturated heterocycles. The van der Waals surface area contributed by atoms with Crippen molar-refractivity contribution in [3.8, 4) is 11.4 Å². The minimum atomic E-state index is -0.181. The molecule has 0 aliphatic carbocycles. The fraction of sp³-hybridized carbons (Fsp3) is 0.250. The molecule has 4 aromatic rings. The van der Waals surface area contributed by atoms with Gasteiger partial charge >= 0.3 is 0 Å². The minimum absolute atomic E-state index is 0.0242. The fourth-order valence-corrected chi connectivity index (χ4v) is 5.56. The average Bonchev–Trinajstić information content (AvgIpc) is 2.94. The number of rotatable bonds is 6. The molecule has 0 spiro atoms. The van der Waals surface area contributed by atoms with Crippen LogP contribution in [0.15, 0.2) is 76.7 Å². The quantitative estimate of drug-likeness (QED) is 0.261. The Hall–Kier alpha value is -3.49. The van der Waals surface area contributed by atoms with Crippen molar-refractivity contribution in [3.05, 3.63) is 87.7 Å². The molecule has 9 heteroatoms. The van der Waals surface area contributed by atoms with E-state index in [1.165, 1.54) is 11.8 Å². The first-order valence-electron chi connectivity index (χ1n) is 12.0. The molecule has 1 aliphatic rings. The van der Waals surface area contributed by atoms with E-state index >= 15 is 0 Å². The maximum atomic E-state index is 13.5. The number of carbonyl (C=O) groups is 1. The van der Waals surface area contributed by atoms with Crippen LogP contribution >= 0.6 is 23.4 Å². The summed E-state index contributed by atoms with van der Waals surface area (Å²) in [5.41, 5.74) is 2.99. The second kappa shape index (κ2) is 10.9. The summed E-state index contributed by atoms with van der Waals surface area (Å²) >= 11 is 7.65. The molecule has 0 saturated carbocycles. The topological polar surface area (TPSA) is 67.7 Å². The number of para-hydroxylation sites is 1. The number of thioether (sulfide) groups is 1. The van der Waals surface area contributed by atoms with E-state index in [9.17, 15) is 9.59 Å². The van der Waals surface area contributed by atoms with Gasteiger partial charge in [-0.1, -0.05) is 41.6 Å². The van der Waals surface area contributed by atoms with Crippen LogP contribution < -0.4 is 15.2 Å². The molecular weight excluding hydrogens is 508 g/mol. The molecule has 3 aromatic carbocycles. The van der Waals surface area contributed by atoms with Gasteiger partial charge in [0.1, 0.15) is 5.75 Å². The van der Waals surface area contributed by atoms with E-state index in [0.717, 1.165) is 30.1 Å². The lowest BCUT2D eigenvalue weighted by molar-refractivity contribution is -0.128. The number of fused-ring (bicyclic) bond motifs is 1. The molecule has 0 unspecified atom stereocenters. The SMILES string of the molecule is COc1ccc(N2CCN(C(=O)CSc3nc4ccccc4c(=O)n3-c3cccc(Cl)c3C)CC2)cc1. The summed E-state index contributed by atoms with van der Waals surface area (Å²) in [7, 11) is 1.65. The molecule has 0 bridgehead atoms. The molecule has 1 fully saturated rings. The minimum Gasteiger partial charge on any atom is -0.497 e. The van der Waals surface area contributed by atoms with Crippen molar-refractivity contribution in [1.29, 1.82) is 0 Å². The van der Waals surface area contributed by atoms with Crippen LogP contribution in [0, 0.1) is 6.92 Å². The van der Waals surface area contributed by atoms with Gasteiger partial charge in [0.05, 0.1) is 29.5 Å². The van der Waals surface area contributed by atoms with Crippen LogP contribution in [0.5, 0.6) is 5.75 Å². The van der Waals surface area contributed by atoms with Gasteiger partial charge in [0.2, 0.25) is 5.91 Å². The highest BCUT2D eigenvalue weighted by Crippen LogP contribution is 2.27. The zero-order chi connectivity index (χ0) is 25.9. The smallest absolute Gasteiger partial charge is 0.266 e. The molecule has 1 aliphatic heterocycles. The zero-order valence-electron chi connectivity index (χ0n) is 20.7. The third-order valence-corrected chi connectivity index (χ3v) is 7.95. The molecule has 1 amide bonds. The fourth-order valence-electron chi connectivity index (χ4n) is 4.48. The van der Waals surface area contributed by atoms with Crippen molar-refractivity contribution in [1.82, 2.24) is 14.5 Å². The molecule has 0 radical (unpaired) electrons. The average molecular weight is 535 g/mol. The molecular formula is C28H27ClN4O3S. The molecule has 1 aromatic heterocycles. The Morgan fingerprint density at radius 1 is 1.00 bits per heavy atom. The van der Waals surface area contributed by atoms with Gasteiger partial charge < -0.3 is 14.5 Å². The molecule has 7 nitrogen and oxygen atoms in total. The normalized spacial score (nSPS) is 13.7. The number of hydrogen-bond acceptors (Lipinski definition) is 6. The second-order valence-corrected chi connectivity index (χ2v) is 10.1. The maximum Gasteiger partial charge on any atom is 0.266 e. The third kappa shape index (κ3) is 5.17. The van der Waals surface area contributed by atoms with Gasteiger partial charge in [0.25, 0.3) is 5.56 Å². The van der Waals surface area contributed by atoms with Crippen LogP contribution in [0.25, 0.3) is 16.6 Å². The largest absolute Gasteiger partial charge is 0.497 e. The predicted octanol–water partition coefficient (Wildman–Crippen LogP) is 4.80. The van der Waals surface area contributed by atoms with Crippen LogP contribution in [0.3, 0.4) is 0 Å². The lowest BCUT2D eigenvalue weighted by Crippen LogP contribution is -2.49. The number of anilines is 1. The Morgan fingerprint density at radius 3 is 2.46 bits per heavy atom. The van der Waals surface area contributed by atoms with E-state index in [1.54, 1.807) is 23.8 Å². The summed E-state index contributed by atoms with van der Waals surface area (Å²) in [4.78, 5) is 35.6. The summed E-state index contributed by atoms with van der Waals surface area (Å²) in [6.45, 7) is 4.65. The lowest BCUT2D eigenvalue weighted by atomic mass is 10.2. The summed E-state index contributed by atoms with van der Waals surface area (Å²) in [6, 6.07) is 20.7. The van der Waals surface area contributed by atoms with Gasteiger partial charge in [0.15, 0.2) is 5.16 Å². The molecule has 37 heavy (non-hydrogen) atoms. The number of methoxy groups -OCH3 is 1. The van der Waals surface area contributed by atoms with Crippen LogP contribution in [0.4, 0.5) is 5.69 Å². The van der Waals surface area contributed by atoms with E-state index in [1.807, 2.05) is 66.4 Å². The number of benzene rings is 3. The van der Waals surface area contributed by atoms with Gasteiger partial charge in [-0.3, -0.25) is 14.2 Å². The highest BCUT2D eigenvalue weighted by atomic mass is 35.5. The standard InChI is InChI=1S/C28H27ClN4O3S/c1-19-23(29)7-5-9-25(19)33-27(35)22-6-3-4-8-24(22)30-28(33)37-18-26(34)32-16-14-31(15-17-32)20-10-12-21(36-2)13-11-20/h3-13H,14-18H2,1-2H3. The van der Waals surface area contributed by atoms with Crippen LogP contribution in [0.2, 0.25) is 5.02 Å². The third-order valence-electron chi connectivity index (χ3n) is 6.62. The number of nitrogens with zero attached hydrogens (tertiary/aromatic N) is 4. The van der Waals surface area contributed by atoms with Crippen molar-refractivity contribution in [3.63, 3.8) is 0 Å². The number of hydrogen-bond donors (Lipinski definition) is 0. The zero-order valence-corrected chi connectivity index (χ0v) is 22.3. The van der Waals surface area contributed by atoms with Gasteiger partial charge in [0, 0.05) is 36.9 Å². The summed E-state index contributed by atoms with van der Waals surface area (Å²) in [5.74, 6) is 1.03. The Labute approximate surface area is 224 Å². The Bertz CT molecular complexity index is 1500. The highest BCUT2D eigenvalue weighted by Gasteiger charge is 2.23. The van der Waals surface area contributed by atoms with Crippen LogP contribution in [-0.2, 0) is 4.79 Å². The van der Waals surface area contributed by atoms with Crippen molar-refractivity contribution < 1.29 is 9.53 Å². The van der Waals surface area contributed by atoms with Gasteiger partial charge in [-0.2, -0.15) is 0 Å². The molecule has 0 N–H and O–H groups in total. The molecule has 5 rings (SSSR count). The van der Waals surface area contributed by atoms with E-state index in [-0.39, 0.29) is 17.2 Å². The van der Waals surface area contributed by atoms with Crippen LogP contribution in [-0.4, -0.2) is 59.4 Å². The summed E-state index contributed by atoms with van der Waals surface area (Å²) in [5, 5.41) is 1.56. The van der Waals surface area contributed by atoms with Crippen molar-refractivity contribution >= 4 is 45.9 Å². The summed E-state index contributed by atoms with van der Waals surface area (Å²) < 4.78 is 6.81.